The Morgan fingerprint density at radius 2 is 2.09 bits per heavy atom. The van der Waals surface area contributed by atoms with Crippen LogP contribution >= 0.6 is 0 Å². The van der Waals surface area contributed by atoms with Gasteiger partial charge in [-0.3, -0.25) is 0 Å². The largest absolute Gasteiger partial charge is 0.322 e. The van der Waals surface area contributed by atoms with Crippen LogP contribution in [0.5, 0.6) is 0 Å². The lowest BCUT2D eigenvalue weighted by atomic mass is 10.2. The van der Waals surface area contributed by atoms with Crippen molar-refractivity contribution < 1.29 is 8.78 Å². The fourth-order valence-electron chi connectivity index (χ4n) is 2.67. The van der Waals surface area contributed by atoms with E-state index in [-0.39, 0.29) is 5.69 Å². The van der Waals surface area contributed by atoms with Crippen LogP contribution in [0.3, 0.4) is 0 Å². The number of rotatable bonds is 3. The van der Waals surface area contributed by atoms with Crippen molar-refractivity contribution in [2.24, 2.45) is 0 Å². The molecule has 1 aliphatic rings. The van der Waals surface area contributed by atoms with Crippen LogP contribution < -0.4 is 0 Å². The SMILES string of the molecule is [C-]#[N+]c1ccc2nc(-c3cnnc(C(F)F)c3)n(C3CC3)c2c1. The zero-order chi connectivity index (χ0) is 16.0. The van der Waals surface area contributed by atoms with E-state index in [1.165, 1.54) is 12.3 Å². The number of nitrogens with zero attached hydrogens (tertiary/aromatic N) is 5. The maximum atomic E-state index is 12.9. The van der Waals surface area contributed by atoms with Crippen LogP contribution in [0.15, 0.2) is 30.5 Å². The molecule has 23 heavy (non-hydrogen) atoms. The van der Waals surface area contributed by atoms with Crippen molar-refractivity contribution in [3.05, 3.63) is 47.6 Å². The predicted molar refractivity (Wildman–Crippen MR) is 80.2 cm³/mol. The van der Waals surface area contributed by atoms with Gasteiger partial charge in [-0.25, -0.2) is 18.6 Å². The summed E-state index contributed by atoms with van der Waals surface area (Å²) < 4.78 is 27.8. The zero-order valence-corrected chi connectivity index (χ0v) is 11.9. The molecule has 1 saturated carbocycles. The van der Waals surface area contributed by atoms with Crippen molar-refractivity contribution in [3.8, 4) is 11.4 Å². The Bertz CT molecular complexity index is 937. The maximum absolute atomic E-state index is 12.9. The third-order valence-corrected chi connectivity index (χ3v) is 3.87. The summed E-state index contributed by atoms with van der Waals surface area (Å²) in [6.07, 6.45) is 0.804. The van der Waals surface area contributed by atoms with E-state index in [1.807, 2.05) is 4.57 Å². The van der Waals surface area contributed by atoms with E-state index >= 15 is 0 Å². The first-order valence-corrected chi connectivity index (χ1v) is 7.18. The van der Waals surface area contributed by atoms with Crippen LogP contribution in [-0.4, -0.2) is 19.7 Å². The molecule has 1 aliphatic carbocycles. The molecule has 0 saturated heterocycles. The lowest BCUT2D eigenvalue weighted by molar-refractivity contribution is 0.145. The average Bonchev–Trinajstić information content (AvgIpc) is 3.34. The van der Waals surface area contributed by atoms with E-state index < -0.39 is 6.43 Å². The summed E-state index contributed by atoms with van der Waals surface area (Å²) in [5.74, 6) is 0.599. The standard InChI is InChI=1S/C16H11F2N5/c1-19-10-2-5-12-14(7-10)23(11-3-4-11)16(21-12)9-6-13(15(17)18)22-20-8-9/h2,5-8,11,15H,3-4H2. The molecule has 0 bridgehead atoms. The zero-order valence-electron chi connectivity index (χ0n) is 11.9. The second-order valence-corrected chi connectivity index (χ2v) is 5.49. The molecule has 1 fully saturated rings. The molecule has 7 heteroatoms. The summed E-state index contributed by atoms with van der Waals surface area (Å²) in [5, 5.41) is 7.13. The third kappa shape index (κ3) is 2.32. The number of benzene rings is 1. The molecule has 5 nitrogen and oxygen atoms in total. The van der Waals surface area contributed by atoms with E-state index in [9.17, 15) is 8.78 Å². The molecule has 2 heterocycles. The van der Waals surface area contributed by atoms with Gasteiger partial charge in [-0.15, -0.1) is 5.10 Å². The van der Waals surface area contributed by atoms with Gasteiger partial charge in [0, 0.05) is 11.6 Å². The minimum Gasteiger partial charge on any atom is -0.322 e. The molecule has 0 N–H and O–H groups in total. The molecule has 0 atom stereocenters. The normalized spacial score (nSPS) is 14.3. The van der Waals surface area contributed by atoms with Gasteiger partial charge in [0.05, 0.1) is 23.8 Å². The minimum atomic E-state index is -2.67. The molecule has 1 aromatic carbocycles. The van der Waals surface area contributed by atoms with Gasteiger partial charge in [0.25, 0.3) is 6.43 Å². The summed E-state index contributed by atoms with van der Waals surface area (Å²) in [7, 11) is 0. The predicted octanol–water partition coefficient (Wildman–Crippen LogP) is 4.32. The second kappa shape index (κ2) is 5.09. The Labute approximate surface area is 130 Å². The number of fused-ring (bicyclic) bond motifs is 1. The lowest BCUT2D eigenvalue weighted by Crippen LogP contribution is -2.00. The van der Waals surface area contributed by atoms with Crippen LogP contribution in [0.1, 0.15) is 31.0 Å². The fourth-order valence-corrected chi connectivity index (χ4v) is 2.67. The molecule has 2 aromatic heterocycles. The molecule has 3 aromatic rings. The van der Waals surface area contributed by atoms with Gasteiger partial charge in [-0.1, -0.05) is 6.07 Å². The second-order valence-electron chi connectivity index (χ2n) is 5.49. The van der Waals surface area contributed by atoms with Crippen LogP contribution in [-0.2, 0) is 0 Å². The van der Waals surface area contributed by atoms with Gasteiger partial charge in [-0.05, 0) is 31.0 Å². The molecule has 114 valence electrons. The fraction of sp³-hybridized carbons (Fsp3) is 0.250. The van der Waals surface area contributed by atoms with E-state index in [4.69, 9.17) is 6.57 Å². The number of hydrogen-bond acceptors (Lipinski definition) is 3. The minimum absolute atomic E-state index is 0.291. The summed E-state index contributed by atoms with van der Waals surface area (Å²) in [5.41, 5.74) is 2.29. The van der Waals surface area contributed by atoms with E-state index in [0.717, 1.165) is 23.9 Å². The van der Waals surface area contributed by atoms with Crippen molar-refractivity contribution in [1.82, 2.24) is 19.7 Å². The van der Waals surface area contributed by atoms with Crippen molar-refractivity contribution in [3.63, 3.8) is 0 Å². The molecule has 0 aliphatic heterocycles. The Morgan fingerprint density at radius 3 is 2.78 bits per heavy atom. The highest BCUT2D eigenvalue weighted by Gasteiger charge is 2.29. The molecule has 0 radical (unpaired) electrons. The van der Waals surface area contributed by atoms with E-state index in [1.54, 1.807) is 18.2 Å². The van der Waals surface area contributed by atoms with Crippen LogP contribution in [0, 0.1) is 6.57 Å². The number of imidazole rings is 1. The monoisotopic (exact) mass is 311 g/mol. The number of hydrogen-bond donors (Lipinski definition) is 0. The molecule has 4 rings (SSSR count). The summed E-state index contributed by atoms with van der Waals surface area (Å²) >= 11 is 0. The summed E-state index contributed by atoms with van der Waals surface area (Å²) in [6, 6.07) is 6.90. The molecule has 0 unspecified atom stereocenters. The Kier molecular flexibility index (Phi) is 3.05. The molecule has 0 amide bonds. The highest BCUT2D eigenvalue weighted by atomic mass is 19.3. The van der Waals surface area contributed by atoms with Gasteiger partial charge >= 0.3 is 0 Å². The Morgan fingerprint density at radius 1 is 1.26 bits per heavy atom. The Balaban J connectivity index is 1.95. The first-order chi connectivity index (χ1) is 11.2. The maximum Gasteiger partial charge on any atom is 0.282 e. The topological polar surface area (TPSA) is 48.0 Å². The smallest absolute Gasteiger partial charge is 0.282 e. The lowest BCUT2D eigenvalue weighted by Gasteiger charge is -2.08. The Hall–Kier alpha value is -2.88. The molecule has 0 spiro atoms. The molecular formula is C16H11F2N5. The number of alkyl halides is 2. The number of halogens is 2. The highest BCUT2D eigenvalue weighted by Crippen LogP contribution is 2.42. The average molecular weight is 311 g/mol. The summed E-state index contributed by atoms with van der Waals surface area (Å²) in [4.78, 5) is 8.02. The first-order valence-electron chi connectivity index (χ1n) is 7.18. The van der Waals surface area contributed by atoms with Crippen molar-refractivity contribution in [2.75, 3.05) is 0 Å². The summed E-state index contributed by atoms with van der Waals surface area (Å²) in [6.45, 7) is 7.15. The van der Waals surface area contributed by atoms with Gasteiger partial charge in [-0.2, -0.15) is 5.10 Å². The van der Waals surface area contributed by atoms with Crippen LogP contribution in [0.2, 0.25) is 0 Å². The van der Waals surface area contributed by atoms with Crippen molar-refractivity contribution in [1.29, 1.82) is 0 Å². The van der Waals surface area contributed by atoms with E-state index in [2.05, 4.69) is 20.0 Å². The van der Waals surface area contributed by atoms with E-state index in [0.29, 0.717) is 23.1 Å². The highest BCUT2D eigenvalue weighted by molar-refractivity contribution is 5.84. The van der Waals surface area contributed by atoms with Crippen molar-refractivity contribution >= 4 is 16.7 Å². The van der Waals surface area contributed by atoms with Crippen LogP contribution in [0.4, 0.5) is 14.5 Å². The van der Waals surface area contributed by atoms with Crippen molar-refractivity contribution in [2.45, 2.75) is 25.3 Å². The molecular weight excluding hydrogens is 300 g/mol. The van der Waals surface area contributed by atoms with Gasteiger partial charge in [0.1, 0.15) is 11.5 Å². The van der Waals surface area contributed by atoms with Gasteiger partial charge < -0.3 is 4.57 Å². The van der Waals surface area contributed by atoms with Gasteiger partial charge in [0.15, 0.2) is 5.69 Å². The number of aromatic nitrogens is 4. The third-order valence-electron chi connectivity index (χ3n) is 3.87. The van der Waals surface area contributed by atoms with Gasteiger partial charge in [0.2, 0.25) is 0 Å². The quantitative estimate of drug-likeness (QED) is 0.677. The van der Waals surface area contributed by atoms with Crippen LogP contribution in [0.25, 0.3) is 27.3 Å². The first kappa shape index (κ1) is 13.8.